The van der Waals surface area contributed by atoms with Crippen LogP contribution in [0.1, 0.15) is 25.0 Å². The Balaban J connectivity index is 1.17. The van der Waals surface area contributed by atoms with Crippen molar-refractivity contribution in [1.82, 2.24) is 0 Å². The van der Waals surface area contributed by atoms with Gasteiger partial charge >= 0.3 is 0 Å². The van der Waals surface area contributed by atoms with Crippen LogP contribution in [0.3, 0.4) is 0 Å². The van der Waals surface area contributed by atoms with Gasteiger partial charge in [0.05, 0.1) is 0 Å². The lowest BCUT2D eigenvalue weighted by molar-refractivity contribution is 0.660. The van der Waals surface area contributed by atoms with E-state index in [1.54, 1.807) is 0 Å². The summed E-state index contributed by atoms with van der Waals surface area (Å²) in [6.45, 7) is 4.69. The quantitative estimate of drug-likeness (QED) is 0.154. The lowest BCUT2D eigenvalue weighted by Gasteiger charge is -2.27. The molecule has 0 bridgehead atoms. The summed E-state index contributed by atoms with van der Waals surface area (Å²) in [5.41, 5.74) is 16.0. The number of rotatable bonds is 6. The molecular formula is C57H41N. The number of hydrogen-bond donors (Lipinski definition) is 0. The van der Waals surface area contributed by atoms with Crippen molar-refractivity contribution in [1.29, 1.82) is 0 Å². The molecule has 274 valence electrons. The molecule has 0 N–H and O–H groups in total. The molecule has 1 nitrogen and oxygen atoms in total. The summed E-state index contributed by atoms with van der Waals surface area (Å²) < 4.78 is 0. The predicted octanol–water partition coefficient (Wildman–Crippen LogP) is 15.9. The maximum atomic E-state index is 2.44. The molecule has 10 aromatic rings. The number of anilines is 3. The lowest BCUT2D eigenvalue weighted by atomic mass is 9.81. The van der Waals surface area contributed by atoms with E-state index in [1.807, 2.05) is 0 Å². The van der Waals surface area contributed by atoms with Crippen molar-refractivity contribution in [2.45, 2.75) is 19.3 Å². The van der Waals surface area contributed by atoms with Gasteiger partial charge in [-0.1, -0.05) is 184 Å². The molecule has 0 saturated heterocycles. The van der Waals surface area contributed by atoms with Crippen LogP contribution < -0.4 is 4.90 Å². The van der Waals surface area contributed by atoms with Crippen LogP contribution in [0.5, 0.6) is 0 Å². The average molecular weight is 740 g/mol. The molecule has 0 fully saturated rings. The summed E-state index contributed by atoms with van der Waals surface area (Å²) in [5, 5.41) is 7.63. The fraction of sp³-hybridized carbons (Fsp3) is 0.0526. The van der Waals surface area contributed by atoms with Gasteiger partial charge in [0, 0.05) is 22.5 Å². The standard InChI is InChI=1S/C57H41N/c1-57(2)52-29-17-16-26-46(52)51-36-43(34-35-53(51)57)58(41-22-10-5-11-23-41)42-32-30-40(31-33-42)54-49(38-18-6-3-7-19-38)37-50(39-20-8-4-9-21-39)55-47-27-14-12-24-44(47)45-25-13-15-28-48(45)56(54)55/h3-37H,1-2H3. The van der Waals surface area contributed by atoms with E-state index in [2.05, 4.69) is 231 Å². The highest BCUT2D eigenvalue weighted by Gasteiger charge is 2.35. The van der Waals surface area contributed by atoms with Crippen LogP contribution >= 0.6 is 0 Å². The van der Waals surface area contributed by atoms with E-state index in [4.69, 9.17) is 0 Å². The molecule has 0 spiro atoms. The first kappa shape index (κ1) is 34.1. The highest BCUT2D eigenvalue weighted by Crippen LogP contribution is 2.52. The third-order valence-corrected chi connectivity index (χ3v) is 12.4. The lowest BCUT2D eigenvalue weighted by Crippen LogP contribution is -2.15. The fourth-order valence-corrected chi connectivity index (χ4v) is 9.74. The minimum Gasteiger partial charge on any atom is -0.310 e. The largest absolute Gasteiger partial charge is 0.310 e. The third kappa shape index (κ3) is 5.31. The van der Waals surface area contributed by atoms with Gasteiger partial charge < -0.3 is 4.90 Å². The second kappa shape index (κ2) is 13.5. The molecule has 0 radical (unpaired) electrons. The number of benzene rings is 10. The summed E-state index contributed by atoms with van der Waals surface area (Å²) in [4.78, 5) is 2.40. The van der Waals surface area contributed by atoms with Crippen molar-refractivity contribution in [2.24, 2.45) is 0 Å². The summed E-state index contributed by atoms with van der Waals surface area (Å²) in [5.74, 6) is 0. The molecule has 1 heteroatoms. The van der Waals surface area contributed by atoms with Crippen LogP contribution in [0, 0.1) is 0 Å². The molecule has 0 aliphatic heterocycles. The molecule has 1 aliphatic carbocycles. The zero-order valence-electron chi connectivity index (χ0n) is 32.7. The van der Waals surface area contributed by atoms with Gasteiger partial charge in [-0.25, -0.2) is 0 Å². The second-order valence-electron chi connectivity index (χ2n) is 16.0. The van der Waals surface area contributed by atoms with Gasteiger partial charge in [0.15, 0.2) is 0 Å². The molecule has 0 heterocycles. The Morgan fingerprint density at radius 3 is 1.45 bits per heavy atom. The van der Waals surface area contributed by atoms with E-state index in [0.29, 0.717) is 0 Å². The Bertz CT molecular complexity index is 3160. The number of para-hydroxylation sites is 1. The van der Waals surface area contributed by atoms with Crippen molar-refractivity contribution in [2.75, 3.05) is 4.90 Å². The zero-order valence-corrected chi connectivity index (χ0v) is 32.7. The number of fused-ring (bicyclic) bond motifs is 9. The summed E-state index contributed by atoms with van der Waals surface area (Å²) in [6, 6.07) is 78.1. The Kier molecular flexibility index (Phi) is 7.91. The van der Waals surface area contributed by atoms with E-state index in [0.717, 1.165) is 17.1 Å². The molecule has 1 aliphatic rings. The highest BCUT2D eigenvalue weighted by molar-refractivity contribution is 6.33. The van der Waals surface area contributed by atoms with Crippen LogP contribution in [-0.2, 0) is 5.41 Å². The Hall–Kier alpha value is -7.22. The van der Waals surface area contributed by atoms with Gasteiger partial charge in [0.2, 0.25) is 0 Å². The molecule has 0 saturated carbocycles. The van der Waals surface area contributed by atoms with Gasteiger partial charge in [-0.15, -0.1) is 0 Å². The number of hydrogen-bond acceptors (Lipinski definition) is 1. The van der Waals surface area contributed by atoms with Crippen LogP contribution in [0.2, 0.25) is 0 Å². The smallest absolute Gasteiger partial charge is 0.0468 e. The van der Waals surface area contributed by atoms with Gasteiger partial charge in [-0.2, -0.15) is 0 Å². The van der Waals surface area contributed by atoms with Gasteiger partial charge in [0.1, 0.15) is 0 Å². The summed E-state index contributed by atoms with van der Waals surface area (Å²) in [7, 11) is 0. The zero-order chi connectivity index (χ0) is 38.8. The maximum Gasteiger partial charge on any atom is 0.0468 e. The molecule has 0 aromatic heterocycles. The van der Waals surface area contributed by atoms with Crippen LogP contribution in [0.25, 0.3) is 76.8 Å². The summed E-state index contributed by atoms with van der Waals surface area (Å²) >= 11 is 0. The van der Waals surface area contributed by atoms with Crippen molar-refractivity contribution in [3.63, 3.8) is 0 Å². The van der Waals surface area contributed by atoms with Crippen molar-refractivity contribution >= 4 is 49.4 Å². The van der Waals surface area contributed by atoms with E-state index in [1.165, 1.54) is 88.0 Å². The van der Waals surface area contributed by atoms with Crippen LogP contribution in [-0.4, -0.2) is 0 Å². The predicted molar refractivity (Wildman–Crippen MR) is 248 cm³/mol. The van der Waals surface area contributed by atoms with Crippen molar-refractivity contribution in [3.05, 3.63) is 223 Å². The minimum atomic E-state index is -0.0471. The van der Waals surface area contributed by atoms with Crippen molar-refractivity contribution < 1.29 is 0 Å². The Morgan fingerprint density at radius 2 is 0.793 bits per heavy atom. The van der Waals surface area contributed by atoms with E-state index < -0.39 is 0 Å². The van der Waals surface area contributed by atoms with Gasteiger partial charge in [0.25, 0.3) is 0 Å². The SMILES string of the molecule is CC1(C)c2ccccc2-c2cc(N(c3ccccc3)c3ccc(-c4c(-c5ccccc5)cc(-c5ccccc5)c5c6ccccc6c6ccccc6c45)cc3)ccc21. The normalized spacial score (nSPS) is 12.8. The third-order valence-electron chi connectivity index (χ3n) is 12.4. The monoisotopic (exact) mass is 739 g/mol. The number of nitrogens with zero attached hydrogens (tertiary/aromatic N) is 1. The van der Waals surface area contributed by atoms with Crippen molar-refractivity contribution in [3.8, 4) is 44.5 Å². The maximum absolute atomic E-state index is 2.44. The molecule has 0 amide bonds. The average Bonchev–Trinajstić information content (AvgIpc) is 3.52. The first-order valence-electron chi connectivity index (χ1n) is 20.3. The van der Waals surface area contributed by atoms with E-state index in [-0.39, 0.29) is 5.41 Å². The van der Waals surface area contributed by atoms with Gasteiger partial charge in [-0.05, 0) is 130 Å². The molecule has 0 unspecified atom stereocenters. The molecule has 58 heavy (non-hydrogen) atoms. The Morgan fingerprint density at radius 1 is 0.310 bits per heavy atom. The fourth-order valence-electron chi connectivity index (χ4n) is 9.74. The minimum absolute atomic E-state index is 0.0471. The van der Waals surface area contributed by atoms with Crippen LogP contribution in [0.4, 0.5) is 17.1 Å². The van der Waals surface area contributed by atoms with E-state index in [9.17, 15) is 0 Å². The molecule has 11 rings (SSSR count). The van der Waals surface area contributed by atoms with Gasteiger partial charge in [-0.3, -0.25) is 0 Å². The van der Waals surface area contributed by atoms with E-state index >= 15 is 0 Å². The topological polar surface area (TPSA) is 3.24 Å². The molecule has 10 aromatic carbocycles. The second-order valence-corrected chi connectivity index (χ2v) is 16.0. The molecule has 0 atom stereocenters. The first-order chi connectivity index (χ1) is 28.6. The Labute approximate surface area is 340 Å². The first-order valence-corrected chi connectivity index (χ1v) is 20.3. The van der Waals surface area contributed by atoms with Crippen LogP contribution in [0.15, 0.2) is 212 Å². The summed E-state index contributed by atoms with van der Waals surface area (Å²) in [6.07, 6.45) is 0. The molecular weight excluding hydrogens is 699 g/mol. The highest BCUT2D eigenvalue weighted by atomic mass is 15.1.